The first-order valence-electron chi connectivity index (χ1n) is 12.4. The minimum atomic E-state index is -0.698. The molecule has 39 heavy (non-hydrogen) atoms. The van der Waals surface area contributed by atoms with Crippen molar-refractivity contribution in [3.8, 4) is 16.9 Å². The van der Waals surface area contributed by atoms with E-state index in [4.69, 9.17) is 32.4 Å². The summed E-state index contributed by atoms with van der Waals surface area (Å²) in [6.07, 6.45) is 0.347. The van der Waals surface area contributed by atoms with Crippen LogP contribution in [0, 0.1) is 0 Å². The SMILES string of the molecule is CC(=O)C(Cc1ccc(OCc2ccc(Cl)cc2)cc1)NC(=O)c1cc2ccc(-c3ccc(Cl)cc3)cc2o1. The summed E-state index contributed by atoms with van der Waals surface area (Å²) in [6, 6.07) is 29.2. The number of ketones is 1. The Bertz CT molecular complexity index is 1610. The van der Waals surface area contributed by atoms with Crippen LogP contribution >= 0.6 is 23.2 Å². The van der Waals surface area contributed by atoms with Gasteiger partial charge in [-0.3, -0.25) is 9.59 Å². The third kappa shape index (κ3) is 6.69. The zero-order valence-corrected chi connectivity index (χ0v) is 22.6. The topological polar surface area (TPSA) is 68.5 Å². The molecule has 0 bridgehead atoms. The van der Waals surface area contributed by atoms with E-state index >= 15 is 0 Å². The maximum absolute atomic E-state index is 13.0. The number of ether oxygens (including phenoxy) is 1. The fraction of sp³-hybridized carbons (Fsp3) is 0.125. The second-order valence-corrected chi connectivity index (χ2v) is 10.1. The molecule has 5 aromatic rings. The summed E-state index contributed by atoms with van der Waals surface area (Å²) in [6.45, 7) is 1.88. The van der Waals surface area contributed by atoms with Gasteiger partial charge in [0, 0.05) is 15.4 Å². The average molecular weight is 558 g/mol. The van der Waals surface area contributed by atoms with E-state index in [9.17, 15) is 9.59 Å². The van der Waals surface area contributed by atoms with Crippen LogP contribution in [0.4, 0.5) is 0 Å². The predicted octanol–water partition coefficient (Wildman–Crippen LogP) is 7.92. The molecule has 1 atom stereocenters. The molecular weight excluding hydrogens is 533 g/mol. The Hall–Kier alpha value is -4.06. The van der Waals surface area contributed by atoms with E-state index < -0.39 is 11.9 Å². The van der Waals surface area contributed by atoms with Crippen LogP contribution in [-0.2, 0) is 17.8 Å². The molecule has 5 rings (SSSR count). The van der Waals surface area contributed by atoms with Crippen LogP contribution < -0.4 is 10.1 Å². The molecule has 5 nitrogen and oxygen atoms in total. The monoisotopic (exact) mass is 557 g/mol. The quantitative estimate of drug-likeness (QED) is 0.200. The summed E-state index contributed by atoms with van der Waals surface area (Å²) in [5.74, 6) is 0.266. The van der Waals surface area contributed by atoms with Crippen molar-refractivity contribution in [2.24, 2.45) is 0 Å². The number of furan rings is 1. The molecule has 4 aromatic carbocycles. The van der Waals surface area contributed by atoms with Crippen molar-refractivity contribution >= 4 is 45.9 Å². The summed E-state index contributed by atoms with van der Waals surface area (Å²) in [5, 5.41) is 4.96. The van der Waals surface area contributed by atoms with Crippen molar-refractivity contribution in [3.05, 3.63) is 124 Å². The lowest BCUT2D eigenvalue weighted by Crippen LogP contribution is -2.41. The van der Waals surface area contributed by atoms with E-state index in [1.54, 1.807) is 6.07 Å². The number of Topliss-reactive ketones (excluding diaryl/α,β-unsaturated/α-hetero) is 1. The van der Waals surface area contributed by atoms with E-state index in [1.807, 2.05) is 91.0 Å². The standard InChI is InChI=1S/C32H25Cl2NO4/c1-20(36)29(16-21-4-14-28(15-5-21)38-19-22-2-10-26(33)11-3-22)35-32(37)31-18-25-7-6-24(17-30(25)39-31)23-8-12-27(34)13-9-23/h2-15,17-18,29H,16,19H2,1H3,(H,35,37). The van der Waals surface area contributed by atoms with Gasteiger partial charge >= 0.3 is 0 Å². The summed E-state index contributed by atoms with van der Waals surface area (Å²) >= 11 is 11.9. The lowest BCUT2D eigenvalue weighted by Gasteiger charge is -2.15. The molecule has 1 amide bonds. The molecular formula is C32H25Cl2NO4. The predicted molar refractivity (Wildman–Crippen MR) is 155 cm³/mol. The van der Waals surface area contributed by atoms with Crippen molar-refractivity contribution < 1.29 is 18.7 Å². The van der Waals surface area contributed by atoms with Crippen LogP contribution in [0.15, 0.2) is 101 Å². The number of nitrogens with one attached hydrogen (secondary N) is 1. The number of carbonyl (C=O) groups excluding carboxylic acids is 2. The molecule has 0 spiro atoms. The van der Waals surface area contributed by atoms with Gasteiger partial charge in [-0.05, 0) is 84.1 Å². The number of amides is 1. The molecule has 0 aliphatic carbocycles. The average Bonchev–Trinajstić information content (AvgIpc) is 3.37. The van der Waals surface area contributed by atoms with E-state index in [1.165, 1.54) is 6.92 Å². The van der Waals surface area contributed by atoms with Crippen LogP contribution in [0.5, 0.6) is 5.75 Å². The molecule has 0 aliphatic rings. The Morgan fingerprint density at radius 1 is 0.795 bits per heavy atom. The Kier molecular flexibility index (Phi) is 8.01. The summed E-state index contributed by atoms with van der Waals surface area (Å²) in [7, 11) is 0. The number of fused-ring (bicyclic) bond motifs is 1. The zero-order chi connectivity index (χ0) is 27.4. The first-order valence-corrected chi connectivity index (χ1v) is 13.2. The highest BCUT2D eigenvalue weighted by molar-refractivity contribution is 6.30. The molecule has 0 saturated carbocycles. The van der Waals surface area contributed by atoms with E-state index in [0.29, 0.717) is 34.4 Å². The molecule has 0 fully saturated rings. The summed E-state index contributed by atoms with van der Waals surface area (Å²) in [5.41, 5.74) is 4.42. The number of carbonyl (C=O) groups is 2. The Morgan fingerprint density at radius 2 is 1.41 bits per heavy atom. The molecule has 196 valence electrons. The molecule has 0 aliphatic heterocycles. The number of halogens is 2. The summed E-state index contributed by atoms with van der Waals surface area (Å²) < 4.78 is 11.7. The molecule has 1 heterocycles. The Labute approximate surface area is 236 Å². The van der Waals surface area contributed by atoms with Gasteiger partial charge in [0.1, 0.15) is 17.9 Å². The molecule has 0 saturated heterocycles. The first kappa shape index (κ1) is 26.5. The fourth-order valence-electron chi connectivity index (χ4n) is 4.20. The van der Waals surface area contributed by atoms with Gasteiger partial charge in [0.2, 0.25) is 0 Å². The maximum atomic E-state index is 13.0. The maximum Gasteiger partial charge on any atom is 0.287 e. The molecule has 1 N–H and O–H groups in total. The van der Waals surface area contributed by atoms with Crippen molar-refractivity contribution in [3.63, 3.8) is 0 Å². The fourth-order valence-corrected chi connectivity index (χ4v) is 4.45. The highest BCUT2D eigenvalue weighted by Crippen LogP contribution is 2.28. The number of benzene rings is 4. The molecule has 0 radical (unpaired) electrons. The van der Waals surface area contributed by atoms with Crippen LogP contribution in [-0.4, -0.2) is 17.7 Å². The number of rotatable bonds is 9. The van der Waals surface area contributed by atoms with Crippen molar-refractivity contribution in [1.82, 2.24) is 5.32 Å². The highest BCUT2D eigenvalue weighted by Gasteiger charge is 2.21. The Morgan fingerprint density at radius 3 is 2.08 bits per heavy atom. The first-order chi connectivity index (χ1) is 18.8. The van der Waals surface area contributed by atoms with Crippen LogP contribution in [0.3, 0.4) is 0 Å². The lowest BCUT2D eigenvalue weighted by atomic mass is 10.0. The molecule has 1 unspecified atom stereocenters. The van der Waals surface area contributed by atoms with E-state index in [-0.39, 0.29) is 11.5 Å². The molecule has 1 aromatic heterocycles. The summed E-state index contributed by atoms with van der Waals surface area (Å²) in [4.78, 5) is 25.4. The van der Waals surface area contributed by atoms with Crippen LogP contribution in [0.1, 0.15) is 28.6 Å². The zero-order valence-electron chi connectivity index (χ0n) is 21.1. The molecule has 7 heteroatoms. The minimum Gasteiger partial charge on any atom is -0.489 e. The van der Waals surface area contributed by atoms with Crippen LogP contribution in [0.25, 0.3) is 22.1 Å². The number of hydrogen-bond acceptors (Lipinski definition) is 4. The van der Waals surface area contributed by atoms with Gasteiger partial charge in [-0.15, -0.1) is 0 Å². The highest BCUT2D eigenvalue weighted by atomic mass is 35.5. The van der Waals surface area contributed by atoms with Crippen LogP contribution in [0.2, 0.25) is 10.0 Å². The van der Waals surface area contributed by atoms with E-state index in [0.717, 1.165) is 27.6 Å². The van der Waals surface area contributed by atoms with Gasteiger partial charge in [0.15, 0.2) is 11.5 Å². The van der Waals surface area contributed by atoms with Gasteiger partial charge in [-0.1, -0.05) is 71.7 Å². The largest absolute Gasteiger partial charge is 0.489 e. The van der Waals surface area contributed by atoms with Gasteiger partial charge in [-0.25, -0.2) is 0 Å². The second-order valence-electron chi connectivity index (χ2n) is 9.27. The van der Waals surface area contributed by atoms with Crippen molar-refractivity contribution in [2.45, 2.75) is 26.0 Å². The van der Waals surface area contributed by atoms with Gasteiger partial charge < -0.3 is 14.5 Å². The third-order valence-corrected chi connectivity index (χ3v) is 6.90. The van der Waals surface area contributed by atoms with Crippen molar-refractivity contribution in [1.29, 1.82) is 0 Å². The third-order valence-electron chi connectivity index (χ3n) is 6.40. The lowest BCUT2D eigenvalue weighted by molar-refractivity contribution is -0.118. The number of hydrogen-bond donors (Lipinski definition) is 1. The Balaban J connectivity index is 1.23. The van der Waals surface area contributed by atoms with Gasteiger partial charge in [0.05, 0.1) is 6.04 Å². The minimum absolute atomic E-state index is 0.146. The normalized spacial score (nSPS) is 11.8. The second kappa shape index (κ2) is 11.8. The van der Waals surface area contributed by atoms with E-state index in [2.05, 4.69) is 5.32 Å². The van der Waals surface area contributed by atoms with Crippen molar-refractivity contribution in [2.75, 3.05) is 0 Å². The van der Waals surface area contributed by atoms with Gasteiger partial charge in [0.25, 0.3) is 5.91 Å². The van der Waals surface area contributed by atoms with Gasteiger partial charge in [-0.2, -0.15) is 0 Å². The smallest absolute Gasteiger partial charge is 0.287 e.